The topological polar surface area (TPSA) is 0 Å². The fourth-order valence-corrected chi connectivity index (χ4v) is 1.19. The van der Waals surface area contributed by atoms with Crippen LogP contribution in [0.4, 0.5) is 0 Å². The minimum absolute atomic E-state index is 0. The van der Waals surface area contributed by atoms with Crippen LogP contribution in [0, 0.1) is 12.2 Å². The molecule has 3 heteroatoms. The summed E-state index contributed by atoms with van der Waals surface area (Å²) >= 11 is 1.55. The van der Waals surface area contributed by atoms with E-state index in [0.29, 0.717) is 0 Å². The van der Waals surface area contributed by atoms with Gasteiger partial charge in [0.15, 0.2) is 0 Å². The molecule has 2 aliphatic carbocycles. The first-order valence-electron chi connectivity index (χ1n) is 5.92. The Labute approximate surface area is 146 Å². The molecule has 0 aromatic rings. The van der Waals surface area contributed by atoms with Crippen molar-refractivity contribution in [2.75, 3.05) is 0 Å². The third-order valence-electron chi connectivity index (χ3n) is 2.41. The molecule has 2 rings (SSSR count). The van der Waals surface area contributed by atoms with E-state index < -0.39 is 0 Å². The van der Waals surface area contributed by atoms with Crippen molar-refractivity contribution in [2.24, 2.45) is 0 Å². The zero-order chi connectivity index (χ0) is 13.3. The first-order valence-corrected chi connectivity index (χ1v) is 7.15. The smallest absolute Gasteiger partial charge is 0.109 e. The van der Waals surface area contributed by atoms with E-state index in [4.69, 9.17) is 0 Å². The quantitative estimate of drug-likeness (QED) is 0.453. The molecule has 0 radical (unpaired) electrons. The van der Waals surface area contributed by atoms with Gasteiger partial charge in [0.05, 0.1) is 0 Å². The number of halogens is 2. The third-order valence-corrected chi connectivity index (χ3v) is 2.41. The molecule has 0 atom stereocenters. The van der Waals surface area contributed by atoms with Gasteiger partial charge in [-0.3, -0.25) is 12.2 Å². The van der Waals surface area contributed by atoms with E-state index in [1.54, 1.807) is 24.2 Å². The van der Waals surface area contributed by atoms with Crippen molar-refractivity contribution in [1.29, 1.82) is 0 Å². The number of allylic oxidation sites excluding steroid dienone is 8. The van der Waals surface area contributed by atoms with Crippen LogP contribution in [0.5, 0.6) is 0 Å². The molecule has 0 saturated carbocycles. The van der Waals surface area contributed by atoms with Crippen molar-refractivity contribution >= 4 is 3.21 Å². The molecule has 19 heavy (non-hydrogen) atoms. The minimum Gasteiger partial charge on any atom is -1.00 e. The van der Waals surface area contributed by atoms with E-state index in [1.807, 2.05) is 12.2 Å². The Morgan fingerprint density at radius 3 is 1.79 bits per heavy atom. The maximum atomic E-state index is 3.26. The molecular weight excluding hydrogens is 354 g/mol. The molecule has 0 aromatic heterocycles. The van der Waals surface area contributed by atoms with Crippen molar-refractivity contribution in [3.63, 3.8) is 0 Å². The summed E-state index contributed by atoms with van der Waals surface area (Å²) in [6, 6.07) is 0. The van der Waals surface area contributed by atoms with Gasteiger partial charge in [0.1, 0.15) is 0 Å². The van der Waals surface area contributed by atoms with Crippen LogP contribution >= 0.6 is 0 Å². The number of hydrogen-bond acceptors (Lipinski definition) is 0. The van der Waals surface area contributed by atoms with Crippen LogP contribution in [0.25, 0.3) is 0 Å². The van der Waals surface area contributed by atoms with Crippen molar-refractivity contribution in [2.45, 2.75) is 47.5 Å². The second-order valence-corrected chi connectivity index (χ2v) is 6.84. The first kappa shape index (κ1) is 24.3. The van der Waals surface area contributed by atoms with Crippen molar-refractivity contribution in [3.05, 3.63) is 47.1 Å². The Balaban J connectivity index is -0.000000206. The van der Waals surface area contributed by atoms with Gasteiger partial charge in [-0.2, -0.15) is 17.2 Å². The van der Waals surface area contributed by atoms with Crippen molar-refractivity contribution in [1.82, 2.24) is 0 Å². The maximum Gasteiger partial charge on any atom is -0.109 e. The second kappa shape index (κ2) is 14.7. The van der Waals surface area contributed by atoms with Gasteiger partial charge in [-0.15, -0.1) is 19.8 Å². The van der Waals surface area contributed by atoms with Gasteiger partial charge in [0.2, 0.25) is 0 Å². The molecule has 0 fully saturated rings. The van der Waals surface area contributed by atoms with Crippen molar-refractivity contribution < 1.29 is 49.0 Å². The molecule has 0 aliphatic heterocycles. The summed E-state index contributed by atoms with van der Waals surface area (Å²) in [6.07, 6.45) is 14.3. The van der Waals surface area contributed by atoms with Crippen LogP contribution in [0.15, 0.2) is 34.9 Å². The van der Waals surface area contributed by atoms with Crippen LogP contribution in [-0.2, 0) is 24.2 Å². The molecule has 0 bridgehead atoms. The van der Waals surface area contributed by atoms with Crippen LogP contribution in [0.2, 0.25) is 0 Å². The van der Waals surface area contributed by atoms with E-state index >= 15 is 0 Å². The summed E-state index contributed by atoms with van der Waals surface area (Å²) in [7, 11) is 0. The molecule has 0 heterocycles. The number of rotatable bonds is 0. The zero-order valence-corrected chi connectivity index (χ0v) is 16.4. The van der Waals surface area contributed by atoms with Crippen LogP contribution < -0.4 is 24.8 Å². The Morgan fingerprint density at radius 2 is 1.68 bits per heavy atom. The van der Waals surface area contributed by atoms with Crippen LogP contribution in [0.3, 0.4) is 0 Å². The summed E-state index contributed by atoms with van der Waals surface area (Å²) in [5, 5.41) is 0. The van der Waals surface area contributed by atoms with Gasteiger partial charge in [-0.1, -0.05) is 13.8 Å². The molecule has 0 saturated heterocycles. The van der Waals surface area contributed by atoms with Crippen LogP contribution in [0.1, 0.15) is 47.5 Å². The van der Waals surface area contributed by atoms with E-state index in [1.165, 1.54) is 19.9 Å². The standard InChI is InChI=1S/C8H11.C5H5.C3H6.2ClH.Zr/c1-6-4-5-7(2)8(6)3;1-2-4-5-3-1;1-3-2;;;/h4H2,1-3H3;1-3H,4H2;1-2H3;2*1H;/q2*-1;;;;+2/p-2. The Hall–Kier alpha value is 0.293. The first-order chi connectivity index (χ1) is 7.95. The molecule has 0 amide bonds. The van der Waals surface area contributed by atoms with Crippen molar-refractivity contribution in [3.8, 4) is 0 Å². The van der Waals surface area contributed by atoms with Gasteiger partial charge in [0, 0.05) is 0 Å². The van der Waals surface area contributed by atoms with E-state index in [-0.39, 0.29) is 24.8 Å². The van der Waals surface area contributed by atoms with Crippen LogP contribution in [-0.4, -0.2) is 3.21 Å². The maximum absolute atomic E-state index is 3.26. The summed E-state index contributed by atoms with van der Waals surface area (Å²) in [6.45, 7) is 10.7. The molecular formula is C16H22Cl2Zr-2. The van der Waals surface area contributed by atoms with Gasteiger partial charge in [-0.05, 0) is 0 Å². The fraction of sp³-hybridized carbons (Fsp3) is 0.438. The largest absolute Gasteiger partial charge is 1.00 e. The third kappa shape index (κ3) is 14.5. The Kier molecular flexibility index (Phi) is 18.8. The average molecular weight is 376 g/mol. The van der Waals surface area contributed by atoms with Gasteiger partial charge in [0.25, 0.3) is 0 Å². The minimum atomic E-state index is 0. The van der Waals surface area contributed by atoms with Gasteiger partial charge >= 0.3 is 41.3 Å². The Morgan fingerprint density at radius 1 is 1.16 bits per heavy atom. The normalized spacial score (nSPS) is 14.4. The zero-order valence-electron chi connectivity index (χ0n) is 12.4. The van der Waals surface area contributed by atoms with E-state index in [2.05, 4.69) is 52.8 Å². The second-order valence-electron chi connectivity index (χ2n) is 4.39. The molecule has 2 aliphatic rings. The summed E-state index contributed by atoms with van der Waals surface area (Å²) in [4.78, 5) is 0. The van der Waals surface area contributed by atoms with Gasteiger partial charge < -0.3 is 24.8 Å². The molecule has 0 spiro atoms. The predicted octanol–water partition coefficient (Wildman–Crippen LogP) is -1.46. The van der Waals surface area contributed by atoms with E-state index in [0.717, 1.165) is 12.8 Å². The van der Waals surface area contributed by atoms with E-state index in [9.17, 15) is 0 Å². The predicted molar refractivity (Wildman–Crippen MR) is 73.3 cm³/mol. The number of hydrogen-bond donors (Lipinski definition) is 0. The average Bonchev–Trinajstić information content (AvgIpc) is 2.88. The molecule has 0 unspecified atom stereocenters. The molecule has 0 aromatic carbocycles. The summed E-state index contributed by atoms with van der Waals surface area (Å²) < 4.78 is 1.51. The summed E-state index contributed by atoms with van der Waals surface area (Å²) in [5.41, 5.74) is 4.25. The monoisotopic (exact) mass is 374 g/mol. The molecule has 106 valence electrons. The molecule has 0 N–H and O–H groups in total. The van der Waals surface area contributed by atoms with Gasteiger partial charge in [-0.25, -0.2) is 17.7 Å². The Bertz CT molecular complexity index is 355. The summed E-state index contributed by atoms with van der Waals surface area (Å²) in [5.74, 6) is 0. The fourth-order valence-electron chi connectivity index (χ4n) is 1.19. The SMILES string of the molecule is CC1=[C-]CC(C)=C1C.C[C](C)=[Zr+2].[C-]1=CC=CC1.[Cl-].[Cl-]. The molecule has 0 nitrogen and oxygen atoms in total.